The molecule has 0 aliphatic carbocycles. The van der Waals surface area contributed by atoms with Crippen LogP contribution in [0.3, 0.4) is 0 Å². The van der Waals surface area contributed by atoms with E-state index in [1.165, 1.54) is 6.07 Å². The summed E-state index contributed by atoms with van der Waals surface area (Å²) in [7, 11) is 0. The van der Waals surface area contributed by atoms with Crippen molar-refractivity contribution in [3.63, 3.8) is 0 Å². The van der Waals surface area contributed by atoms with Crippen molar-refractivity contribution in [3.8, 4) is 6.07 Å². The van der Waals surface area contributed by atoms with Crippen LogP contribution in [0.2, 0.25) is 5.15 Å². The maximum Gasteiger partial charge on any atom is 0.132 e. The van der Waals surface area contributed by atoms with E-state index in [0.29, 0.717) is 37.4 Å². The number of anilines is 1. The topological polar surface area (TPSA) is 78.2 Å². The van der Waals surface area contributed by atoms with E-state index in [1.807, 2.05) is 6.07 Å². The SMILES string of the molecule is N#Cc1cc(Cl)nc(NC2(CO)CCOCC2)c1. The summed E-state index contributed by atoms with van der Waals surface area (Å²) in [4.78, 5) is 4.12. The van der Waals surface area contributed by atoms with E-state index in [4.69, 9.17) is 21.6 Å². The first-order valence-electron chi connectivity index (χ1n) is 5.72. The van der Waals surface area contributed by atoms with Gasteiger partial charge in [-0.3, -0.25) is 0 Å². The van der Waals surface area contributed by atoms with Gasteiger partial charge in [-0.15, -0.1) is 0 Å². The van der Waals surface area contributed by atoms with Crippen molar-refractivity contribution in [3.05, 3.63) is 22.8 Å². The lowest BCUT2D eigenvalue weighted by atomic mass is 9.91. The minimum Gasteiger partial charge on any atom is -0.394 e. The fourth-order valence-electron chi connectivity index (χ4n) is 1.98. The monoisotopic (exact) mass is 267 g/mol. The Morgan fingerprint density at radius 2 is 2.22 bits per heavy atom. The molecule has 0 spiro atoms. The molecule has 1 aromatic rings. The van der Waals surface area contributed by atoms with Gasteiger partial charge in [0.2, 0.25) is 0 Å². The fraction of sp³-hybridized carbons (Fsp3) is 0.500. The molecule has 5 nitrogen and oxygen atoms in total. The zero-order chi connectivity index (χ0) is 13.0. The summed E-state index contributed by atoms with van der Waals surface area (Å²) in [6.07, 6.45) is 1.39. The van der Waals surface area contributed by atoms with Crippen LogP contribution in [0.5, 0.6) is 0 Å². The van der Waals surface area contributed by atoms with Crippen LogP contribution in [0.25, 0.3) is 0 Å². The van der Waals surface area contributed by atoms with Gasteiger partial charge in [-0.05, 0) is 25.0 Å². The Balaban J connectivity index is 2.21. The van der Waals surface area contributed by atoms with Crippen molar-refractivity contribution in [1.29, 1.82) is 5.26 Å². The van der Waals surface area contributed by atoms with Gasteiger partial charge in [0, 0.05) is 13.2 Å². The highest BCUT2D eigenvalue weighted by Gasteiger charge is 2.32. The van der Waals surface area contributed by atoms with E-state index < -0.39 is 5.54 Å². The highest BCUT2D eigenvalue weighted by atomic mass is 35.5. The molecule has 0 aromatic carbocycles. The van der Waals surface area contributed by atoms with Crippen LogP contribution in [0.1, 0.15) is 18.4 Å². The lowest BCUT2D eigenvalue weighted by molar-refractivity contribution is 0.0378. The van der Waals surface area contributed by atoms with Gasteiger partial charge in [-0.2, -0.15) is 5.26 Å². The van der Waals surface area contributed by atoms with Crippen molar-refractivity contribution in [2.75, 3.05) is 25.1 Å². The van der Waals surface area contributed by atoms with E-state index in [9.17, 15) is 5.11 Å². The number of ether oxygens (including phenoxy) is 1. The molecule has 0 unspecified atom stereocenters. The van der Waals surface area contributed by atoms with Crippen molar-refractivity contribution in [2.24, 2.45) is 0 Å². The van der Waals surface area contributed by atoms with E-state index >= 15 is 0 Å². The second-order valence-corrected chi connectivity index (χ2v) is 4.74. The molecule has 6 heteroatoms. The zero-order valence-corrected chi connectivity index (χ0v) is 10.6. The summed E-state index contributed by atoms with van der Waals surface area (Å²) >= 11 is 5.85. The fourth-order valence-corrected chi connectivity index (χ4v) is 2.19. The van der Waals surface area contributed by atoms with Crippen LogP contribution < -0.4 is 5.32 Å². The Bertz CT molecular complexity index is 467. The molecule has 0 amide bonds. The summed E-state index contributed by atoms with van der Waals surface area (Å²) in [5.41, 5.74) is 0.000460. The number of aromatic nitrogens is 1. The number of nitrogens with one attached hydrogen (secondary N) is 1. The third kappa shape index (κ3) is 2.91. The quantitative estimate of drug-likeness (QED) is 0.813. The highest BCUT2D eigenvalue weighted by Crippen LogP contribution is 2.26. The Labute approximate surface area is 110 Å². The molecular weight excluding hydrogens is 254 g/mol. The lowest BCUT2D eigenvalue weighted by Crippen LogP contribution is -2.47. The molecule has 18 heavy (non-hydrogen) atoms. The number of rotatable bonds is 3. The summed E-state index contributed by atoms with van der Waals surface area (Å²) in [6.45, 7) is 1.19. The standard InChI is InChI=1S/C12H14ClN3O2/c13-10-5-9(7-14)6-11(15-10)16-12(8-17)1-3-18-4-2-12/h5-6,17H,1-4,8H2,(H,15,16). The van der Waals surface area contributed by atoms with Gasteiger partial charge in [0.15, 0.2) is 0 Å². The molecule has 1 fully saturated rings. The van der Waals surface area contributed by atoms with Gasteiger partial charge in [0.1, 0.15) is 11.0 Å². The minimum absolute atomic E-state index is 0.00750. The Hall–Kier alpha value is -1.35. The second kappa shape index (κ2) is 5.53. The molecule has 1 aromatic heterocycles. The maximum atomic E-state index is 9.55. The molecule has 2 rings (SSSR count). The van der Waals surface area contributed by atoms with Crippen molar-refractivity contribution in [2.45, 2.75) is 18.4 Å². The van der Waals surface area contributed by atoms with E-state index in [-0.39, 0.29) is 11.8 Å². The van der Waals surface area contributed by atoms with Crippen LogP contribution in [-0.2, 0) is 4.74 Å². The number of nitriles is 1. The minimum atomic E-state index is -0.442. The van der Waals surface area contributed by atoms with Gasteiger partial charge >= 0.3 is 0 Å². The Kier molecular flexibility index (Phi) is 4.02. The number of halogens is 1. The van der Waals surface area contributed by atoms with Gasteiger partial charge in [0.05, 0.1) is 23.8 Å². The molecule has 1 aliphatic heterocycles. The van der Waals surface area contributed by atoms with Crippen molar-refractivity contribution in [1.82, 2.24) is 4.98 Å². The average Bonchev–Trinajstić information content (AvgIpc) is 2.39. The molecule has 2 heterocycles. The predicted octanol–water partition coefficient (Wildman–Crippen LogP) is 1.56. The van der Waals surface area contributed by atoms with Crippen LogP contribution in [0.4, 0.5) is 5.82 Å². The van der Waals surface area contributed by atoms with Crippen molar-refractivity contribution >= 4 is 17.4 Å². The number of aliphatic hydroxyl groups excluding tert-OH is 1. The number of nitrogens with zero attached hydrogens (tertiary/aromatic N) is 2. The number of hydrogen-bond acceptors (Lipinski definition) is 5. The van der Waals surface area contributed by atoms with E-state index in [1.54, 1.807) is 6.07 Å². The van der Waals surface area contributed by atoms with Crippen LogP contribution in [0, 0.1) is 11.3 Å². The first kappa shape index (κ1) is 13.1. The molecule has 96 valence electrons. The van der Waals surface area contributed by atoms with E-state index in [2.05, 4.69) is 10.3 Å². The third-order valence-corrected chi connectivity index (χ3v) is 3.26. The second-order valence-electron chi connectivity index (χ2n) is 4.35. The summed E-state index contributed by atoms with van der Waals surface area (Å²) in [6, 6.07) is 5.15. The normalized spacial score (nSPS) is 18.1. The summed E-state index contributed by atoms with van der Waals surface area (Å²) in [5, 5.41) is 21.9. The van der Waals surface area contributed by atoms with Crippen molar-refractivity contribution < 1.29 is 9.84 Å². The first-order chi connectivity index (χ1) is 8.67. The van der Waals surface area contributed by atoms with Gasteiger partial charge in [-0.25, -0.2) is 4.98 Å². The smallest absolute Gasteiger partial charge is 0.132 e. The number of hydrogen-bond donors (Lipinski definition) is 2. The Morgan fingerprint density at radius 3 is 2.83 bits per heavy atom. The van der Waals surface area contributed by atoms with E-state index in [0.717, 1.165) is 0 Å². The van der Waals surface area contributed by atoms with Crippen LogP contribution in [-0.4, -0.2) is 35.5 Å². The number of pyridine rings is 1. The molecule has 1 aliphatic rings. The first-order valence-corrected chi connectivity index (χ1v) is 6.10. The average molecular weight is 268 g/mol. The predicted molar refractivity (Wildman–Crippen MR) is 67.5 cm³/mol. The summed E-state index contributed by atoms with van der Waals surface area (Å²) < 4.78 is 5.28. The molecule has 0 bridgehead atoms. The zero-order valence-electron chi connectivity index (χ0n) is 9.82. The molecule has 0 atom stereocenters. The highest BCUT2D eigenvalue weighted by molar-refractivity contribution is 6.29. The van der Waals surface area contributed by atoms with Gasteiger partial charge in [0.25, 0.3) is 0 Å². The molecule has 2 N–H and O–H groups in total. The third-order valence-electron chi connectivity index (χ3n) is 3.07. The summed E-state index contributed by atoms with van der Waals surface area (Å²) in [5.74, 6) is 0.509. The molecule has 0 saturated carbocycles. The Morgan fingerprint density at radius 1 is 1.50 bits per heavy atom. The maximum absolute atomic E-state index is 9.55. The molecular formula is C12H14ClN3O2. The lowest BCUT2D eigenvalue weighted by Gasteiger charge is -2.36. The molecule has 1 saturated heterocycles. The van der Waals surface area contributed by atoms with Gasteiger partial charge in [-0.1, -0.05) is 11.6 Å². The molecule has 0 radical (unpaired) electrons. The van der Waals surface area contributed by atoms with Crippen LogP contribution >= 0.6 is 11.6 Å². The number of aliphatic hydroxyl groups is 1. The van der Waals surface area contributed by atoms with Crippen LogP contribution in [0.15, 0.2) is 12.1 Å². The van der Waals surface area contributed by atoms with Gasteiger partial charge < -0.3 is 15.2 Å². The largest absolute Gasteiger partial charge is 0.394 e.